The lowest BCUT2D eigenvalue weighted by molar-refractivity contribution is 0.204. The van der Waals surface area contributed by atoms with Gasteiger partial charge in [0.15, 0.2) is 0 Å². The highest BCUT2D eigenvalue weighted by molar-refractivity contribution is 7.12. The monoisotopic (exact) mass is 265 g/mol. The Bertz CT molecular complexity index is 380. The normalized spacial score (nSPS) is 24.7. The van der Waals surface area contributed by atoms with E-state index in [1.807, 2.05) is 11.3 Å². The molecule has 2 unspecified atom stereocenters. The van der Waals surface area contributed by atoms with E-state index in [2.05, 4.69) is 39.1 Å². The van der Waals surface area contributed by atoms with E-state index in [1.165, 1.54) is 41.0 Å². The summed E-state index contributed by atoms with van der Waals surface area (Å²) in [6, 6.07) is 3.08. The molecule has 1 fully saturated rings. The molecule has 0 spiro atoms. The fourth-order valence-corrected chi connectivity index (χ4v) is 4.26. The Hall–Kier alpha value is -0.340. The van der Waals surface area contributed by atoms with Gasteiger partial charge < -0.3 is 5.32 Å². The molecular formula is C16H27NS. The highest BCUT2D eigenvalue weighted by Gasteiger charge is 2.27. The number of thiophene rings is 1. The zero-order valence-electron chi connectivity index (χ0n) is 12.3. The lowest BCUT2D eigenvalue weighted by Gasteiger charge is -2.35. The van der Waals surface area contributed by atoms with Gasteiger partial charge in [-0.3, -0.25) is 0 Å². The molecule has 1 aromatic rings. The van der Waals surface area contributed by atoms with Crippen LogP contribution < -0.4 is 5.32 Å². The minimum Gasteiger partial charge on any atom is -0.310 e. The lowest BCUT2D eigenvalue weighted by atomic mass is 9.78. The standard InChI is InChI=1S/C16H27NS/c1-11(2)15-7-5-6-8-16(15)17-10-14-9-12(3)18-13(14)4/h9,11,15-17H,5-8,10H2,1-4H3. The molecule has 1 N–H and O–H groups in total. The van der Waals surface area contributed by atoms with Crippen molar-refractivity contribution in [1.29, 1.82) is 0 Å². The van der Waals surface area contributed by atoms with Crippen molar-refractivity contribution in [3.8, 4) is 0 Å². The van der Waals surface area contributed by atoms with E-state index >= 15 is 0 Å². The van der Waals surface area contributed by atoms with Gasteiger partial charge in [-0.15, -0.1) is 11.3 Å². The number of rotatable bonds is 4. The molecule has 2 atom stereocenters. The number of hydrogen-bond acceptors (Lipinski definition) is 2. The second-order valence-corrected chi connectivity index (χ2v) is 7.58. The Balaban J connectivity index is 1.93. The summed E-state index contributed by atoms with van der Waals surface area (Å²) in [5, 5.41) is 3.83. The third-order valence-corrected chi connectivity index (χ3v) is 5.38. The number of hydrogen-bond donors (Lipinski definition) is 1. The molecule has 1 saturated carbocycles. The molecule has 0 aromatic carbocycles. The molecule has 0 saturated heterocycles. The van der Waals surface area contributed by atoms with Crippen molar-refractivity contribution >= 4 is 11.3 Å². The van der Waals surface area contributed by atoms with Crippen LogP contribution in [0.4, 0.5) is 0 Å². The smallest absolute Gasteiger partial charge is 0.0219 e. The van der Waals surface area contributed by atoms with Gasteiger partial charge in [-0.25, -0.2) is 0 Å². The van der Waals surface area contributed by atoms with Gasteiger partial charge in [-0.1, -0.05) is 26.7 Å². The molecule has 1 heterocycles. The molecule has 1 aliphatic carbocycles. The van der Waals surface area contributed by atoms with Crippen LogP contribution in [0.2, 0.25) is 0 Å². The van der Waals surface area contributed by atoms with Crippen LogP contribution in [0.1, 0.15) is 54.8 Å². The maximum atomic E-state index is 3.83. The third-order valence-electron chi connectivity index (χ3n) is 4.37. The fraction of sp³-hybridized carbons (Fsp3) is 0.750. The van der Waals surface area contributed by atoms with Crippen molar-refractivity contribution in [2.75, 3.05) is 0 Å². The molecule has 18 heavy (non-hydrogen) atoms. The molecule has 0 radical (unpaired) electrons. The van der Waals surface area contributed by atoms with E-state index in [4.69, 9.17) is 0 Å². The summed E-state index contributed by atoms with van der Waals surface area (Å²) < 4.78 is 0. The van der Waals surface area contributed by atoms with E-state index in [0.29, 0.717) is 0 Å². The average molecular weight is 265 g/mol. The highest BCUT2D eigenvalue weighted by atomic mass is 32.1. The Morgan fingerprint density at radius 2 is 2.00 bits per heavy atom. The Labute approximate surface area is 116 Å². The summed E-state index contributed by atoms with van der Waals surface area (Å²) in [5.41, 5.74) is 1.51. The minimum absolute atomic E-state index is 0.735. The molecule has 2 heteroatoms. The summed E-state index contributed by atoms with van der Waals surface area (Å²) in [4.78, 5) is 2.92. The summed E-state index contributed by atoms with van der Waals surface area (Å²) in [6.07, 6.45) is 5.61. The van der Waals surface area contributed by atoms with Crippen LogP contribution in [0.25, 0.3) is 0 Å². The SMILES string of the molecule is Cc1cc(CNC2CCCCC2C(C)C)c(C)s1. The summed E-state index contributed by atoms with van der Waals surface area (Å²) in [5.74, 6) is 1.69. The first-order valence-corrected chi connectivity index (χ1v) is 8.19. The predicted molar refractivity (Wildman–Crippen MR) is 81.2 cm³/mol. The summed E-state index contributed by atoms with van der Waals surface area (Å²) >= 11 is 1.92. The largest absolute Gasteiger partial charge is 0.310 e. The van der Waals surface area contributed by atoms with Crippen LogP contribution in [0, 0.1) is 25.7 Å². The van der Waals surface area contributed by atoms with Crippen LogP contribution in [0.15, 0.2) is 6.07 Å². The highest BCUT2D eigenvalue weighted by Crippen LogP contribution is 2.30. The Morgan fingerprint density at radius 3 is 2.61 bits per heavy atom. The van der Waals surface area contributed by atoms with E-state index in [1.54, 1.807) is 0 Å². The van der Waals surface area contributed by atoms with Gasteiger partial charge >= 0.3 is 0 Å². The first-order chi connectivity index (χ1) is 8.58. The third kappa shape index (κ3) is 3.36. The molecular weight excluding hydrogens is 238 g/mol. The van der Waals surface area contributed by atoms with Crippen LogP contribution in [-0.4, -0.2) is 6.04 Å². The summed E-state index contributed by atoms with van der Waals surface area (Å²) in [6.45, 7) is 10.3. The molecule has 0 aliphatic heterocycles. The first kappa shape index (κ1) is 14.1. The van der Waals surface area contributed by atoms with Crippen molar-refractivity contribution in [3.05, 3.63) is 21.4 Å². The van der Waals surface area contributed by atoms with Gasteiger partial charge in [0.2, 0.25) is 0 Å². The molecule has 1 aliphatic rings. The van der Waals surface area contributed by atoms with Crippen molar-refractivity contribution in [2.45, 2.75) is 66.0 Å². The first-order valence-electron chi connectivity index (χ1n) is 7.37. The molecule has 2 rings (SSSR count). The minimum atomic E-state index is 0.735. The number of nitrogens with one attached hydrogen (secondary N) is 1. The molecule has 1 nitrogen and oxygen atoms in total. The van der Waals surface area contributed by atoms with Gasteiger partial charge in [0.05, 0.1) is 0 Å². The van der Waals surface area contributed by atoms with Crippen LogP contribution in [0.3, 0.4) is 0 Å². The Morgan fingerprint density at radius 1 is 1.28 bits per heavy atom. The van der Waals surface area contributed by atoms with E-state index in [-0.39, 0.29) is 0 Å². The zero-order chi connectivity index (χ0) is 13.1. The predicted octanol–water partition coefficient (Wildman–Crippen LogP) is 4.67. The zero-order valence-corrected chi connectivity index (χ0v) is 13.1. The van der Waals surface area contributed by atoms with Gasteiger partial charge in [0.25, 0.3) is 0 Å². The second kappa shape index (κ2) is 6.21. The van der Waals surface area contributed by atoms with Crippen LogP contribution >= 0.6 is 11.3 Å². The Kier molecular flexibility index (Phi) is 4.85. The van der Waals surface area contributed by atoms with Crippen molar-refractivity contribution in [2.24, 2.45) is 11.8 Å². The average Bonchev–Trinajstić information content (AvgIpc) is 2.65. The molecule has 0 bridgehead atoms. The van der Waals surface area contributed by atoms with Crippen molar-refractivity contribution < 1.29 is 0 Å². The maximum Gasteiger partial charge on any atom is 0.0219 e. The quantitative estimate of drug-likeness (QED) is 0.834. The lowest BCUT2D eigenvalue weighted by Crippen LogP contribution is -2.40. The second-order valence-electron chi connectivity index (χ2n) is 6.12. The fourth-order valence-electron chi connectivity index (χ4n) is 3.31. The van der Waals surface area contributed by atoms with Crippen LogP contribution in [-0.2, 0) is 6.54 Å². The molecule has 1 aromatic heterocycles. The van der Waals surface area contributed by atoms with Gasteiger partial charge in [-0.05, 0) is 50.2 Å². The number of aryl methyl sites for hydroxylation is 2. The van der Waals surface area contributed by atoms with E-state index < -0.39 is 0 Å². The van der Waals surface area contributed by atoms with Crippen molar-refractivity contribution in [1.82, 2.24) is 5.32 Å². The van der Waals surface area contributed by atoms with Crippen molar-refractivity contribution in [3.63, 3.8) is 0 Å². The van der Waals surface area contributed by atoms with Crippen LogP contribution in [0.5, 0.6) is 0 Å². The molecule has 102 valence electrons. The van der Waals surface area contributed by atoms with E-state index in [9.17, 15) is 0 Å². The van der Waals surface area contributed by atoms with Gasteiger partial charge in [0.1, 0.15) is 0 Å². The van der Waals surface area contributed by atoms with Gasteiger partial charge in [0, 0.05) is 22.3 Å². The summed E-state index contributed by atoms with van der Waals surface area (Å²) in [7, 11) is 0. The topological polar surface area (TPSA) is 12.0 Å². The molecule has 0 amide bonds. The maximum absolute atomic E-state index is 3.83. The van der Waals surface area contributed by atoms with Gasteiger partial charge in [-0.2, -0.15) is 0 Å². The van der Waals surface area contributed by atoms with E-state index in [0.717, 1.165) is 24.4 Å².